The Morgan fingerprint density at radius 2 is 0.917 bits per heavy atom. The normalized spacial score (nSPS) is 19.3. The van der Waals surface area contributed by atoms with E-state index in [2.05, 4.69) is 135 Å². The molecule has 0 spiro atoms. The minimum Gasteiger partial charge on any atom is -0.497 e. The van der Waals surface area contributed by atoms with Crippen LogP contribution in [-0.2, 0) is 24.0 Å². The number of rotatable bonds is 7. The van der Waals surface area contributed by atoms with Crippen molar-refractivity contribution >= 4 is 33.7 Å². The van der Waals surface area contributed by atoms with Crippen molar-refractivity contribution in [2.45, 2.75) is 37.9 Å². The Kier molecular flexibility index (Phi) is 7.25. The molecule has 0 fully saturated rings. The van der Waals surface area contributed by atoms with Crippen LogP contribution in [0.2, 0.25) is 0 Å². The highest BCUT2D eigenvalue weighted by atomic mass is 16.5. The van der Waals surface area contributed by atoms with Crippen LogP contribution in [0.1, 0.15) is 47.2 Å². The van der Waals surface area contributed by atoms with Crippen molar-refractivity contribution in [3.05, 3.63) is 155 Å². The van der Waals surface area contributed by atoms with Crippen LogP contribution in [0.5, 0.6) is 23.0 Å². The van der Waals surface area contributed by atoms with E-state index >= 15 is 0 Å². The van der Waals surface area contributed by atoms with Gasteiger partial charge < -0.3 is 18.9 Å². The Morgan fingerprint density at radius 1 is 0.500 bits per heavy atom. The van der Waals surface area contributed by atoms with E-state index in [1.807, 2.05) is 12.1 Å². The number of hydrogen-bond donors (Lipinski definition) is 0. The van der Waals surface area contributed by atoms with Gasteiger partial charge in [0.25, 0.3) is 0 Å². The first-order chi connectivity index (χ1) is 23.3. The van der Waals surface area contributed by atoms with Crippen LogP contribution in [0.25, 0.3) is 33.7 Å². The third-order valence-corrected chi connectivity index (χ3v) is 9.99. The van der Waals surface area contributed by atoms with Gasteiger partial charge in [-0.05, 0) is 131 Å². The summed E-state index contributed by atoms with van der Waals surface area (Å²) in [5.41, 5.74) is 6.02. The molecule has 2 atom stereocenters. The van der Waals surface area contributed by atoms with Crippen molar-refractivity contribution in [3.63, 3.8) is 0 Å². The molecule has 0 amide bonds. The van der Waals surface area contributed by atoms with Gasteiger partial charge in [0, 0.05) is 11.1 Å². The van der Waals surface area contributed by atoms with Gasteiger partial charge in [-0.3, -0.25) is 0 Å². The second-order valence-corrected chi connectivity index (χ2v) is 13.1. The number of methoxy groups -OCH3 is 2. The summed E-state index contributed by atoms with van der Waals surface area (Å²) >= 11 is 0. The molecule has 2 aliphatic heterocycles. The lowest BCUT2D eigenvalue weighted by atomic mass is 9.89. The standard InChI is InChI=1S/C44H38O4/c1-43(25-23-39-37-19-17-35(45-3)27-31(37)11-21-41(39)47-43)33-13-7-29(8-14-33)5-6-30-9-15-34(16-10-30)44(2)26-24-40-38-20-18-36(46-4)28-32(38)12-22-42(40)48-44/h7-28H,5-6H2,1-4H3. The SMILES string of the molecule is COc1ccc2c3c(ccc2c1)OC(C)(c1ccc(CCc2ccc(C4(C)C=Cc5c(ccc6cc(OC)ccc56)O4)cc2)cc1)C=C3. The third kappa shape index (κ3) is 5.28. The maximum Gasteiger partial charge on any atom is 0.150 e. The predicted octanol–water partition coefficient (Wildman–Crippen LogP) is 10.4. The van der Waals surface area contributed by atoms with Gasteiger partial charge >= 0.3 is 0 Å². The van der Waals surface area contributed by atoms with Crippen LogP contribution in [0, 0.1) is 0 Å². The number of fused-ring (bicyclic) bond motifs is 6. The zero-order chi connectivity index (χ0) is 32.9. The molecule has 6 aromatic carbocycles. The van der Waals surface area contributed by atoms with Crippen LogP contribution in [0.4, 0.5) is 0 Å². The number of hydrogen-bond acceptors (Lipinski definition) is 4. The Morgan fingerprint density at radius 3 is 1.31 bits per heavy atom. The highest BCUT2D eigenvalue weighted by Gasteiger charge is 2.31. The Hall–Kier alpha value is -5.48. The van der Waals surface area contributed by atoms with Crippen molar-refractivity contribution in [1.82, 2.24) is 0 Å². The van der Waals surface area contributed by atoms with E-state index in [9.17, 15) is 0 Å². The van der Waals surface area contributed by atoms with E-state index in [0.29, 0.717) is 0 Å². The summed E-state index contributed by atoms with van der Waals surface area (Å²) in [6.45, 7) is 4.26. The van der Waals surface area contributed by atoms with Gasteiger partial charge in [0.05, 0.1) is 14.2 Å². The molecule has 0 saturated heterocycles. The molecule has 0 N–H and O–H groups in total. The Bertz CT molecular complexity index is 2070. The molecule has 0 radical (unpaired) electrons. The summed E-state index contributed by atoms with van der Waals surface area (Å²) in [6.07, 6.45) is 10.6. The molecular formula is C44H38O4. The monoisotopic (exact) mass is 630 g/mol. The van der Waals surface area contributed by atoms with Crippen molar-refractivity contribution in [2.24, 2.45) is 0 Å². The van der Waals surface area contributed by atoms with Crippen LogP contribution >= 0.6 is 0 Å². The van der Waals surface area contributed by atoms with Crippen molar-refractivity contribution in [2.75, 3.05) is 14.2 Å². The lowest BCUT2D eigenvalue weighted by Gasteiger charge is -2.33. The molecule has 6 aromatic rings. The number of benzene rings is 6. The molecule has 0 saturated carbocycles. The van der Waals surface area contributed by atoms with Gasteiger partial charge in [0.15, 0.2) is 0 Å². The summed E-state index contributed by atoms with van der Waals surface area (Å²) in [5, 5.41) is 4.60. The van der Waals surface area contributed by atoms with E-state index in [1.165, 1.54) is 11.1 Å². The third-order valence-electron chi connectivity index (χ3n) is 9.99. The van der Waals surface area contributed by atoms with Gasteiger partial charge in [0.2, 0.25) is 0 Å². The Balaban J connectivity index is 0.929. The summed E-state index contributed by atoms with van der Waals surface area (Å²) in [7, 11) is 3.39. The molecule has 48 heavy (non-hydrogen) atoms. The molecule has 0 aromatic heterocycles. The van der Waals surface area contributed by atoms with E-state index in [1.54, 1.807) is 14.2 Å². The maximum absolute atomic E-state index is 6.62. The van der Waals surface area contributed by atoms with Crippen LogP contribution in [0.15, 0.2) is 121 Å². The zero-order valence-electron chi connectivity index (χ0n) is 27.7. The van der Waals surface area contributed by atoms with E-state index in [4.69, 9.17) is 18.9 Å². The molecule has 2 unspecified atom stereocenters. The first-order valence-electron chi connectivity index (χ1n) is 16.5. The first kappa shape index (κ1) is 29.9. The lowest BCUT2D eigenvalue weighted by Crippen LogP contribution is -2.29. The van der Waals surface area contributed by atoms with E-state index in [-0.39, 0.29) is 0 Å². The molecular weight excluding hydrogens is 592 g/mol. The van der Waals surface area contributed by atoms with E-state index < -0.39 is 11.2 Å². The van der Waals surface area contributed by atoms with Gasteiger partial charge in [-0.25, -0.2) is 0 Å². The number of ether oxygens (including phenoxy) is 4. The minimum absolute atomic E-state index is 0.533. The predicted molar refractivity (Wildman–Crippen MR) is 195 cm³/mol. The largest absolute Gasteiger partial charge is 0.497 e. The molecule has 4 heteroatoms. The summed E-state index contributed by atoms with van der Waals surface area (Å²) < 4.78 is 24.0. The number of aryl methyl sites for hydroxylation is 2. The van der Waals surface area contributed by atoms with Crippen molar-refractivity contribution in [3.8, 4) is 23.0 Å². The highest BCUT2D eigenvalue weighted by molar-refractivity contribution is 5.95. The first-order valence-corrected chi connectivity index (χ1v) is 16.5. The highest BCUT2D eigenvalue weighted by Crippen LogP contribution is 2.42. The second kappa shape index (κ2) is 11.6. The van der Waals surface area contributed by atoms with Crippen molar-refractivity contribution in [1.29, 1.82) is 0 Å². The molecule has 0 bridgehead atoms. The molecule has 0 aliphatic carbocycles. The summed E-state index contributed by atoms with van der Waals surface area (Å²) in [4.78, 5) is 0. The smallest absolute Gasteiger partial charge is 0.150 e. The fraction of sp³-hybridized carbons (Fsp3) is 0.182. The van der Waals surface area contributed by atoms with Gasteiger partial charge in [-0.15, -0.1) is 0 Å². The molecule has 4 nitrogen and oxygen atoms in total. The van der Waals surface area contributed by atoms with Crippen molar-refractivity contribution < 1.29 is 18.9 Å². The molecule has 238 valence electrons. The second-order valence-electron chi connectivity index (χ2n) is 13.1. The zero-order valence-corrected chi connectivity index (χ0v) is 27.7. The van der Waals surface area contributed by atoms with Gasteiger partial charge in [-0.2, -0.15) is 0 Å². The van der Waals surface area contributed by atoms with E-state index in [0.717, 1.165) is 79.6 Å². The summed E-state index contributed by atoms with van der Waals surface area (Å²) in [6, 6.07) is 38.4. The lowest BCUT2D eigenvalue weighted by molar-refractivity contribution is 0.138. The fourth-order valence-corrected chi connectivity index (χ4v) is 7.01. The average molecular weight is 631 g/mol. The van der Waals surface area contributed by atoms with Crippen LogP contribution in [0.3, 0.4) is 0 Å². The summed E-state index contributed by atoms with van der Waals surface area (Å²) in [5.74, 6) is 3.50. The topological polar surface area (TPSA) is 36.9 Å². The average Bonchev–Trinajstić information content (AvgIpc) is 3.13. The Labute approximate surface area is 281 Å². The van der Waals surface area contributed by atoms with Crippen LogP contribution < -0.4 is 18.9 Å². The van der Waals surface area contributed by atoms with Gasteiger partial charge in [0.1, 0.15) is 34.2 Å². The quantitative estimate of drug-likeness (QED) is 0.176. The van der Waals surface area contributed by atoms with Gasteiger partial charge in [-0.1, -0.05) is 72.8 Å². The molecule has 2 heterocycles. The minimum atomic E-state index is -0.533. The van der Waals surface area contributed by atoms with Crippen LogP contribution in [-0.4, -0.2) is 14.2 Å². The maximum atomic E-state index is 6.62. The molecule has 2 aliphatic rings. The molecule has 8 rings (SSSR count). The fourth-order valence-electron chi connectivity index (χ4n) is 7.01.